The summed E-state index contributed by atoms with van der Waals surface area (Å²) in [6, 6.07) is 3.17. The molecule has 1 saturated carbocycles. The number of benzene rings is 1. The summed E-state index contributed by atoms with van der Waals surface area (Å²) >= 11 is 0. The lowest BCUT2D eigenvalue weighted by Crippen LogP contribution is -2.36. The standard InChI is InChI=1S/C19H23N3O6/c1-19(4-2-12(3-5-19)17(23)24)18-20-13-10-14(21-6-8-27-9-7-21)15(22(25)26)11-16(13)28-18/h10-12H,2-9H2,1H3,(H,23,24). The highest BCUT2D eigenvalue weighted by Gasteiger charge is 2.39. The highest BCUT2D eigenvalue weighted by Crippen LogP contribution is 2.43. The fraction of sp³-hybridized carbons (Fsp3) is 0.579. The second-order valence-electron chi connectivity index (χ2n) is 7.86. The highest BCUT2D eigenvalue weighted by molar-refractivity contribution is 5.84. The number of rotatable bonds is 4. The number of carboxylic acid groups (broad SMARTS) is 1. The zero-order valence-electron chi connectivity index (χ0n) is 15.7. The molecule has 2 fully saturated rings. The summed E-state index contributed by atoms with van der Waals surface area (Å²) in [6.07, 6.45) is 2.47. The lowest BCUT2D eigenvalue weighted by atomic mass is 9.71. The molecule has 4 rings (SSSR count). The van der Waals surface area contributed by atoms with Crippen LogP contribution in [0.5, 0.6) is 0 Å². The molecule has 0 unspecified atom stereocenters. The Hall–Kier alpha value is -2.68. The largest absolute Gasteiger partial charge is 0.481 e. The minimum atomic E-state index is -0.759. The lowest BCUT2D eigenvalue weighted by molar-refractivity contribution is -0.384. The van der Waals surface area contributed by atoms with Gasteiger partial charge in [-0.25, -0.2) is 4.98 Å². The Bertz CT molecular complexity index is 910. The van der Waals surface area contributed by atoms with Crippen LogP contribution in [0.15, 0.2) is 16.5 Å². The summed E-state index contributed by atoms with van der Waals surface area (Å²) in [6.45, 7) is 4.26. The second kappa shape index (κ2) is 7.05. The van der Waals surface area contributed by atoms with Crippen molar-refractivity contribution in [3.8, 4) is 0 Å². The first kappa shape index (κ1) is 18.7. The number of carbonyl (C=O) groups is 1. The quantitative estimate of drug-likeness (QED) is 0.626. The third kappa shape index (κ3) is 3.30. The van der Waals surface area contributed by atoms with Crippen LogP contribution in [-0.2, 0) is 14.9 Å². The number of aliphatic carboxylic acids is 1. The number of ether oxygens (including phenoxy) is 1. The average molecular weight is 389 g/mol. The van der Waals surface area contributed by atoms with Crippen molar-refractivity contribution in [3.63, 3.8) is 0 Å². The van der Waals surface area contributed by atoms with Gasteiger partial charge in [0.25, 0.3) is 5.69 Å². The Balaban J connectivity index is 1.69. The number of hydrogen-bond acceptors (Lipinski definition) is 7. The van der Waals surface area contributed by atoms with Crippen LogP contribution < -0.4 is 4.90 Å². The summed E-state index contributed by atoms with van der Waals surface area (Å²) in [5.41, 5.74) is 1.14. The van der Waals surface area contributed by atoms with Crippen LogP contribution in [0.3, 0.4) is 0 Å². The molecule has 1 aromatic carbocycles. The van der Waals surface area contributed by atoms with Crippen molar-refractivity contribution in [2.75, 3.05) is 31.2 Å². The van der Waals surface area contributed by atoms with Crippen molar-refractivity contribution < 1.29 is 24.0 Å². The van der Waals surface area contributed by atoms with Gasteiger partial charge < -0.3 is 19.2 Å². The fourth-order valence-corrected chi connectivity index (χ4v) is 4.13. The van der Waals surface area contributed by atoms with Crippen molar-refractivity contribution in [2.24, 2.45) is 5.92 Å². The van der Waals surface area contributed by atoms with Gasteiger partial charge in [-0.2, -0.15) is 0 Å². The van der Waals surface area contributed by atoms with Crippen LogP contribution >= 0.6 is 0 Å². The van der Waals surface area contributed by atoms with E-state index in [1.54, 1.807) is 6.07 Å². The second-order valence-corrected chi connectivity index (χ2v) is 7.86. The molecule has 0 amide bonds. The maximum Gasteiger partial charge on any atom is 0.306 e. The summed E-state index contributed by atoms with van der Waals surface area (Å²) in [5.74, 6) is -0.559. The molecule has 2 heterocycles. The molecule has 1 aliphatic heterocycles. The molecule has 2 aliphatic rings. The molecular formula is C19H23N3O6. The van der Waals surface area contributed by atoms with Crippen LogP contribution in [0.4, 0.5) is 11.4 Å². The number of aromatic nitrogens is 1. The number of nitro benzene ring substituents is 1. The number of carboxylic acids is 1. The predicted molar refractivity (Wildman–Crippen MR) is 101 cm³/mol. The molecule has 1 saturated heterocycles. The predicted octanol–water partition coefficient (Wildman–Crippen LogP) is 3.11. The van der Waals surface area contributed by atoms with Gasteiger partial charge in [-0.3, -0.25) is 14.9 Å². The van der Waals surface area contributed by atoms with Gasteiger partial charge in [-0.1, -0.05) is 6.92 Å². The van der Waals surface area contributed by atoms with E-state index in [0.29, 0.717) is 74.7 Å². The number of fused-ring (bicyclic) bond motifs is 1. The summed E-state index contributed by atoms with van der Waals surface area (Å²) < 4.78 is 11.3. The van der Waals surface area contributed by atoms with E-state index in [-0.39, 0.29) is 17.0 Å². The molecule has 0 atom stereocenters. The van der Waals surface area contributed by atoms with Gasteiger partial charge in [0.05, 0.1) is 30.1 Å². The highest BCUT2D eigenvalue weighted by atomic mass is 16.6. The molecule has 1 aliphatic carbocycles. The molecule has 1 aromatic heterocycles. The number of nitro groups is 1. The first-order chi connectivity index (χ1) is 13.4. The van der Waals surface area contributed by atoms with Gasteiger partial charge >= 0.3 is 5.97 Å². The van der Waals surface area contributed by atoms with E-state index in [0.717, 1.165) is 0 Å². The van der Waals surface area contributed by atoms with Gasteiger partial charge in [0, 0.05) is 18.5 Å². The molecular weight excluding hydrogens is 366 g/mol. The number of oxazole rings is 1. The summed E-state index contributed by atoms with van der Waals surface area (Å²) in [7, 11) is 0. The van der Waals surface area contributed by atoms with Crippen LogP contribution in [0.2, 0.25) is 0 Å². The van der Waals surface area contributed by atoms with E-state index in [9.17, 15) is 20.0 Å². The van der Waals surface area contributed by atoms with Crippen LogP contribution in [0.1, 0.15) is 38.5 Å². The Morgan fingerprint density at radius 3 is 2.61 bits per heavy atom. The van der Waals surface area contributed by atoms with Gasteiger partial charge in [0.2, 0.25) is 5.89 Å². The van der Waals surface area contributed by atoms with Crippen LogP contribution in [-0.4, -0.2) is 47.3 Å². The van der Waals surface area contributed by atoms with Gasteiger partial charge in [0.15, 0.2) is 5.58 Å². The van der Waals surface area contributed by atoms with Crippen LogP contribution in [0.25, 0.3) is 11.1 Å². The topological polar surface area (TPSA) is 119 Å². The van der Waals surface area contributed by atoms with Gasteiger partial charge in [-0.05, 0) is 31.7 Å². The van der Waals surface area contributed by atoms with E-state index >= 15 is 0 Å². The number of morpholine rings is 1. The van der Waals surface area contributed by atoms with Crippen molar-refractivity contribution in [3.05, 3.63) is 28.1 Å². The first-order valence-electron chi connectivity index (χ1n) is 9.52. The molecule has 9 heteroatoms. The molecule has 150 valence electrons. The average Bonchev–Trinajstić information content (AvgIpc) is 3.12. The van der Waals surface area contributed by atoms with Crippen LogP contribution in [0, 0.1) is 16.0 Å². The third-order valence-electron chi connectivity index (χ3n) is 5.99. The lowest BCUT2D eigenvalue weighted by Gasteiger charge is -2.33. The van der Waals surface area contributed by atoms with Gasteiger partial charge in [0.1, 0.15) is 11.2 Å². The molecule has 2 aromatic rings. The SMILES string of the molecule is CC1(c2nc3cc(N4CCOCC4)c([N+](=O)[O-])cc3o2)CCC(C(=O)O)CC1. The fourth-order valence-electron chi connectivity index (χ4n) is 4.13. The normalized spacial score (nSPS) is 25.8. The van der Waals surface area contributed by atoms with E-state index in [2.05, 4.69) is 4.98 Å². The van der Waals surface area contributed by atoms with Crippen molar-refractivity contribution in [1.82, 2.24) is 4.98 Å². The first-order valence-corrected chi connectivity index (χ1v) is 9.52. The van der Waals surface area contributed by atoms with E-state index in [1.807, 2.05) is 11.8 Å². The Morgan fingerprint density at radius 1 is 1.32 bits per heavy atom. The van der Waals surface area contributed by atoms with Crippen molar-refractivity contribution in [1.29, 1.82) is 0 Å². The third-order valence-corrected chi connectivity index (χ3v) is 5.99. The minimum absolute atomic E-state index is 0.00293. The minimum Gasteiger partial charge on any atom is -0.481 e. The number of anilines is 1. The smallest absolute Gasteiger partial charge is 0.306 e. The molecule has 28 heavy (non-hydrogen) atoms. The maximum atomic E-state index is 11.6. The Kier molecular flexibility index (Phi) is 4.70. The number of nitrogens with zero attached hydrogens (tertiary/aromatic N) is 3. The summed E-state index contributed by atoms with van der Waals surface area (Å²) in [5, 5.41) is 20.8. The van der Waals surface area contributed by atoms with E-state index in [4.69, 9.17) is 9.15 Å². The molecule has 9 nitrogen and oxygen atoms in total. The van der Waals surface area contributed by atoms with Crippen molar-refractivity contribution in [2.45, 2.75) is 38.0 Å². The monoisotopic (exact) mass is 389 g/mol. The van der Waals surface area contributed by atoms with E-state index in [1.165, 1.54) is 6.07 Å². The van der Waals surface area contributed by atoms with Crippen molar-refractivity contribution >= 4 is 28.4 Å². The molecule has 0 spiro atoms. The van der Waals surface area contributed by atoms with E-state index < -0.39 is 10.9 Å². The number of hydrogen-bond donors (Lipinski definition) is 1. The zero-order chi connectivity index (χ0) is 19.9. The molecule has 0 radical (unpaired) electrons. The van der Waals surface area contributed by atoms with Gasteiger partial charge in [-0.15, -0.1) is 0 Å². The zero-order valence-corrected chi connectivity index (χ0v) is 15.7. The summed E-state index contributed by atoms with van der Waals surface area (Å²) in [4.78, 5) is 29.0. The Morgan fingerprint density at radius 2 is 2.00 bits per heavy atom. The maximum absolute atomic E-state index is 11.6. The molecule has 1 N–H and O–H groups in total. The Labute approximate surface area is 161 Å². The molecule has 0 bridgehead atoms.